The number of benzene rings is 7. The fourth-order valence-corrected chi connectivity index (χ4v) is 11.2. The molecule has 0 aromatic heterocycles. The van der Waals surface area contributed by atoms with Crippen LogP contribution in [0.3, 0.4) is 0 Å². The molecule has 1 atom stereocenters. The average molecular weight is 872 g/mol. The lowest BCUT2D eigenvalue weighted by atomic mass is 9.58. The zero-order chi connectivity index (χ0) is 45.1. The van der Waals surface area contributed by atoms with Crippen LogP contribution < -0.4 is 23.8 Å². The predicted molar refractivity (Wildman–Crippen MR) is 254 cm³/mol. The minimum absolute atomic E-state index is 0.127. The van der Waals surface area contributed by atoms with Crippen molar-refractivity contribution in [2.75, 3.05) is 26.2 Å². The number of para-hydroxylation sites is 2. The first-order chi connectivity index (χ1) is 31.5. The summed E-state index contributed by atoms with van der Waals surface area (Å²) >= 11 is 0. The van der Waals surface area contributed by atoms with Gasteiger partial charge < -0.3 is 23.8 Å². The number of hydrogen-bond donors (Lipinski definition) is 0. The highest BCUT2D eigenvalue weighted by molar-refractivity contribution is 6.10. The SMILES string of the molecule is CCC1(CC)CCC2(CC1)c1cc(C(F)(F)F)ccc1-c1c2c2c(c3cc(OC)c(OC)cc13)OC(c1ccc(OC)cc1)(c1ccc(N(c3ccccc3)c3ccccc3)cc1)C=C2. The van der Waals surface area contributed by atoms with Crippen LogP contribution in [0.1, 0.15) is 85.8 Å². The lowest BCUT2D eigenvalue weighted by Gasteiger charge is -2.47. The van der Waals surface area contributed by atoms with Crippen molar-refractivity contribution in [3.63, 3.8) is 0 Å². The monoisotopic (exact) mass is 871 g/mol. The van der Waals surface area contributed by atoms with Gasteiger partial charge >= 0.3 is 6.18 Å². The number of rotatable bonds is 10. The minimum atomic E-state index is -4.50. The maximum Gasteiger partial charge on any atom is 0.416 e. The third-order valence-corrected chi connectivity index (χ3v) is 14.9. The first-order valence-electron chi connectivity index (χ1n) is 22.5. The Labute approximate surface area is 379 Å². The largest absolute Gasteiger partial charge is 0.497 e. The molecule has 8 heteroatoms. The Morgan fingerprint density at radius 1 is 0.615 bits per heavy atom. The smallest absolute Gasteiger partial charge is 0.416 e. The number of alkyl halides is 3. The maximum absolute atomic E-state index is 14.7. The fourth-order valence-electron chi connectivity index (χ4n) is 11.2. The zero-order valence-corrected chi connectivity index (χ0v) is 37.4. The summed E-state index contributed by atoms with van der Waals surface area (Å²) in [6.45, 7) is 4.50. The van der Waals surface area contributed by atoms with Crippen molar-refractivity contribution in [1.29, 1.82) is 0 Å². The molecule has 1 aliphatic heterocycles. The molecule has 0 saturated heterocycles. The van der Waals surface area contributed by atoms with Crippen molar-refractivity contribution in [2.45, 2.75) is 69.6 Å². The van der Waals surface area contributed by atoms with Crippen LogP contribution in [0.2, 0.25) is 0 Å². The standard InChI is InChI=1S/C57H52F3NO4/c1-6-54(7-2)30-32-55(33-31-54)48-34-39(57(58,59)60)22-27-44(48)51-46-35-49(63-4)50(64-5)36-47(46)53-45(52(51)55)28-29-56(65-53,38-20-25-43(62-3)26-21-38)37-18-23-42(24-19-37)61(40-14-10-8-11-15-40)41-16-12-9-13-17-41/h8-29,34-36H,6-7,30-33H2,1-5H3. The van der Waals surface area contributed by atoms with Crippen LogP contribution in [0.5, 0.6) is 23.0 Å². The van der Waals surface area contributed by atoms with Crippen LogP contribution in [-0.2, 0) is 17.2 Å². The second kappa shape index (κ2) is 16.1. The highest BCUT2D eigenvalue weighted by atomic mass is 19.4. The Balaban J connectivity index is 1.22. The summed E-state index contributed by atoms with van der Waals surface area (Å²) in [4.78, 5) is 2.23. The quantitative estimate of drug-likeness (QED) is 0.137. The fraction of sp³-hybridized carbons (Fsp3) is 0.263. The summed E-state index contributed by atoms with van der Waals surface area (Å²) in [5, 5.41) is 1.62. The van der Waals surface area contributed by atoms with Gasteiger partial charge in [0.15, 0.2) is 17.1 Å². The Bertz CT molecular complexity index is 2870. The third kappa shape index (κ3) is 6.74. The summed E-state index contributed by atoms with van der Waals surface area (Å²) in [6.07, 6.45) is 5.11. The highest BCUT2D eigenvalue weighted by Gasteiger charge is 2.52. The van der Waals surface area contributed by atoms with Crippen molar-refractivity contribution in [3.05, 3.63) is 179 Å². The normalized spacial score (nSPS) is 17.8. The van der Waals surface area contributed by atoms with Crippen molar-refractivity contribution in [1.82, 2.24) is 0 Å². The molecule has 1 fully saturated rings. The van der Waals surface area contributed by atoms with E-state index in [0.717, 1.165) is 105 Å². The second-order valence-electron chi connectivity index (χ2n) is 17.7. The maximum atomic E-state index is 14.7. The Kier molecular flexibility index (Phi) is 10.5. The molecule has 1 saturated carbocycles. The van der Waals surface area contributed by atoms with Gasteiger partial charge in [0.25, 0.3) is 0 Å². The number of ether oxygens (including phenoxy) is 4. The van der Waals surface area contributed by atoms with Gasteiger partial charge in [-0.2, -0.15) is 13.2 Å². The summed E-state index contributed by atoms with van der Waals surface area (Å²) in [5.74, 6) is 2.41. The Morgan fingerprint density at radius 3 is 1.71 bits per heavy atom. The van der Waals surface area contributed by atoms with E-state index >= 15 is 0 Å². The molecular weight excluding hydrogens is 820 g/mol. The molecular formula is C57H52F3NO4. The molecule has 2 aliphatic carbocycles. The van der Waals surface area contributed by atoms with Gasteiger partial charge in [0, 0.05) is 44.6 Å². The van der Waals surface area contributed by atoms with Crippen molar-refractivity contribution in [2.24, 2.45) is 5.41 Å². The van der Waals surface area contributed by atoms with Crippen LogP contribution in [0, 0.1) is 5.41 Å². The van der Waals surface area contributed by atoms with Gasteiger partial charge in [0.2, 0.25) is 0 Å². The summed E-state index contributed by atoms with van der Waals surface area (Å²) in [5.41, 5.74) is 6.89. The van der Waals surface area contributed by atoms with Gasteiger partial charge in [-0.15, -0.1) is 0 Å². The molecule has 5 nitrogen and oxygen atoms in total. The van der Waals surface area contributed by atoms with E-state index < -0.39 is 22.8 Å². The van der Waals surface area contributed by atoms with Crippen molar-refractivity contribution in [3.8, 4) is 34.1 Å². The number of anilines is 3. The van der Waals surface area contributed by atoms with Crippen molar-refractivity contribution < 1.29 is 32.1 Å². The van der Waals surface area contributed by atoms with Crippen LogP contribution in [0.4, 0.5) is 30.2 Å². The molecule has 0 amide bonds. The number of hydrogen-bond acceptors (Lipinski definition) is 5. The molecule has 1 spiro atoms. The lowest BCUT2D eigenvalue weighted by molar-refractivity contribution is -0.137. The van der Waals surface area contributed by atoms with E-state index in [0.29, 0.717) is 23.0 Å². The molecule has 0 N–H and O–H groups in total. The van der Waals surface area contributed by atoms with Crippen LogP contribution in [0.15, 0.2) is 146 Å². The van der Waals surface area contributed by atoms with Crippen LogP contribution in [-0.4, -0.2) is 21.3 Å². The molecule has 0 bridgehead atoms. The first-order valence-corrected chi connectivity index (χ1v) is 22.5. The molecule has 3 aliphatic rings. The number of halogens is 3. The number of fused-ring (bicyclic) bond motifs is 10. The van der Waals surface area contributed by atoms with E-state index in [2.05, 4.69) is 79.4 Å². The average Bonchev–Trinajstić information content (AvgIpc) is 3.63. The van der Waals surface area contributed by atoms with E-state index in [-0.39, 0.29) is 5.41 Å². The van der Waals surface area contributed by atoms with E-state index in [4.69, 9.17) is 18.9 Å². The molecule has 10 rings (SSSR count). The minimum Gasteiger partial charge on any atom is -0.497 e. The summed E-state index contributed by atoms with van der Waals surface area (Å²) in [7, 11) is 4.87. The molecule has 65 heavy (non-hydrogen) atoms. The molecule has 330 valence electrons. The lowest BCUT2D eigenvalue weighted by Crippen LogP contribution is -2.38. The van der Waals surface area contributed by atoms with Gasteiger partial charge in [-0.05, 0) is 138 Å². The molecule has 0 radical (unpaired) electrons. The first kappa shape index (κ1) is 42.3. The number of methoxy groups -OCH3 is 3. The summed E-state index contributed by atoms with van der Waals surface area (Å²) in [6, 6.07) is 45.3. The van der Waals surface area contributed by atoms with E-state index in [9.17, 15) is 13.2 Å². The van der Waals surface area contributed by atoms with E-state index in [1.807, 2.05) is 72.8 Å². The van der Waals surface area contributed by atoms with Crippen molar-refractivity contribution >= 4 is 33.9 Å². The molecule has 7 aromatic rings. The van der Waals surface area contributed by atoms with Gasteiger partial charge in [-0.25, -0.2) is 0 Å². The highest BCUT2D eigenvalue weighted by Crippen LogP contribution is 2.65. The molecule has 7 aromatic carbocycles. The van der Waals surface area contributed by atoms with E-state index in [1.165, 1.54) is 12.1 Å². The number of nitrogens with zero attached hydrogens (tertiary/aromatic N) is 1. The van der Waals surface area contributed by atoms with Gasteiger partial charge in [0.05, 0.1) is 26.9 Å². The molecule has 1 unspecified atom stereocenters. The van der Waals surface area contributed by atoms with Crippen LogP contribution in [0.25, 0.3) is 28.0 Å². The predicted octanol–water partition coefficient (Wildman–Crippen LogP) is 15.4. The third-order valence-electron chi connectivity index (χ3n) is 14.9. The Hall–Kier alpha value is -6.67. The van der Waals surface area contributed by atoms with Gasteiger partial charge in [-0.1, -0.05) is 99.5 Å². The van der Waals surface area contributed by atoms with E-state index in [1.54, 1.807) is 27.4 Å². The van der Waals surface area contributed by atoms with Gasteiger partial charge in [-0.3, -0.25) is 0 Å². The van der Waals surface area contributed by atoms with Crippen LogP contribution >= 0.6 is 0 Å². The zero-order valence-electron chi connectivity index (χ0n) is 37.4. The second-order valence-corrected chi connectivity index (χ2v) is 17.7. The van der Waals surface area contributed by atoms with Gasteiger partial charge in [0.1, 0.15) is 11.5 Å². The Morgan fingerprint density at radius 2 is 1.17 bits per heavy atom. The summed E-state index contributed by atoms with van der Waals surface area (Å²) < 4.78 is 69.4. The topological polar surface area (TPSA) is 40.2 Å². The molecule has 1 heterocycles.